The molecule has 3 heteroatoms. The maximum atomic E-state index is 4.19. The van der Waals surface area contributed by atoms with Gasteiger partial charge in [-0.25, -0.2) is 0 Å². The Morgan fingerprint density at radius 2 is 2.19 bits per heavy atom. The summed E-state index contributed by atoms with van der Waals surface area (Å²) in [4.78, 5) is 4.19. The van der Waals surface area contributed by atoms with Gasteiger partial charge in [0.2, 0.25) is 0 Å². The molecule has 1 aromatic heterocycles. The van der Waals surface area contributed by atoms with Crippen molar-refractivity contribution < 1.29 is 0 Å². The second-order valence-electron chi connectivity index (χ2n) is 4.93. The van der Waals surface area contributed by atoms with Crippen LogP contribution in [0.1, 0.15) is 30.7 Å². The van der Waals surface area contributed by atoms with Crippen molar-refractivity contribution in [3.05, 3.63) is 30.1 Å². The molecule has 2 aliphatic rings. The monoisotopic (exact) mass is 217 g/mol. The lowest BCUT2D eigenvalue weighted by Gasteiger charge is -2.23. The number of hydrogen-bond acceptors (Lipinski definition) is 3. The Morgan fingerprint density at radius 3 is 2.94 bits per heavy atom. The van der Waals surface area contributed by atoms with Gasteiger partial charge in [-0.2, -0.15) is 0 Å². The van der Waals surface area contributed by atoms with Crippen molar-refractivity contribution in [1.82, 2.24) is 15.6 Å². The zero-order chi connectivity index (χ0) is 10.8. The number of hydrogen-bond donors (Lipinski definition) is 2. The molecule has 2 N–H and O–H groups in total. The molecule has 2 fully saturated rings. The first-order chi connectivity index (χ1) is 7.93. The van der Waals surface area contributed by atoms with Crippen molar-refractivity contribution in [2.24, 2.45) is 0 Å². The summed E-state index contributed by atoms with van der Waals surface area (Å²) in [6.45, 7) is 2.34. The molecule has 1 saturated heterocycles. The Morgan fingerprint density at radius 1 is 1.31 bits per heavy atom. The summed E-state index contributed by atoms with van der Waals surface area (Å²) in [5.41, 5.74) is 1.40. The van der Waals surface area contributed by atoms with Gasteiger partial charge in [0.25, 0.3) is 0 Å². The first kappa shape index (κ1) is 10.2. The summed E-state index contributed by atoms with van der Waals surface area (Å²) in [6, 6.07) is 5.66. The lowest BCUT2D eigenvalue weighted by molar-refractivity contribution is 0.383. The van der Waals surface area contributed by atoms with Crippen molar-refractivity contribution in [3.8, 4) is 0 Å². The summed E-state index contributed by atoms with van der Waals surface area (Å²) >= 11 is 0. The van der Waals surface area contributed by atoms with Gasteiger partial charge in [0.1, 0.15) is 0 Å². The van der Waals surface area contributed by atoms with Gasteiger partial charge >= 0.3 is 0 Å². The second kappa shape index (κ2) is 4.52. The van der Waals surface area contributed by atoms with Gasteiger partial charge in [-0.1, -0.05) is 6.07 Å². The van der Waals surface area contributed by atoms with Crippen LogP contribution >= 0.6 is 0 Å². The molecule has 3 nitrogen and oxygen atoms in total. The fraction of sp³-hybridized carbons (Fsp3) is 0.615. The van der Waals surface area contributed by atoms with Crippen LogP contribution in [0.4, 0.5) is 0 Å². The van der Waals surface area contributed by atoms with Crippen molar-refractivity contribution in [1.29, 1.82) is 0 Å². The first-order valence-electron chi connectivity index (χ1n) is 6.30. The maximum absolute atomic E-state index is 4.19. The number of nitrogens with one attached hydrogen (secondary N) is 2. The van der Waals surface area contributed by atoms with E-state index in [1.54, 1.807) is 0 Å². The minimum Gasteiger partial charge on any atom is -0.317 e. The molecule has 2 heterocycles. The van der Waals surface area contributed by atoms with Crippen molar-refractivity contribution in [2.75, 3.05) is 13.1 Å². The van der Waals surface area contributed by atoms with Crippen LogP contribution in [-0.2, 0) is 0 Å². The number of piperidine rings is 1. The molecule has 0 radical (unpaired) electrons. The Labute approximate surface area is 96.7 Å². The summed E-state index contributed by atoms with van der Waals surface area (Å²) < 4.78 is 0. The Kier molecular flexibility index (Phi) is 2.89. The summed E-state index contributed by atoms with van der Waals surface area (Å²) in [6.07, 6.45) is 7.69. The molecule has 2 atom stereocenters. The van der Waals surface area contributed by atoms with Crippen LogP contribution < -0.4 is 10.6 Å². The predicted molar refractivity (Wildman–Crippen MR) is 64.4 cm³/mol. The summed E-state index contributed by atoms with van der Waals surface area (Å²) in [7, 11) is 0. The van der Waals surface area contributed by atoms with Gasteiger partial charge in [0.05, 0.1) is 0 Å². The SMILES string of the molecule is c1cncc([C@@H]2C[C@H]2NC2CCNCC2)c1. The largest absolute Gasteiger partial charge is 0.317 e. The van der Waals surface area contributed by atoms with Crippen LogP contribution in [0.25, 0.3) is 0 Å². The minimum absolute atomic E-state index is 0.701. The third kappa shape index (κ3) is 2.25. The predicted octanol–water partition coefficient (Wildman–Crippen LogP) is 1.28. The fourth-order valence-corrected chi connectivity index (χ4v) is 2.63. The number of pyridine rings is 1. The van der Waals surface area contributed by atoms with E-state index in [2.05, 4.69) is 21.7 Å². The highest BCUT2D eigenvalue weighted by Crippen LogP contribution is 2.40. The van der Waals surface area contributed by atoms with E-state index in [9.17, 15) is 0 Å². The molecule has 0 bridgehead atoms. The van der Waals surface area contributed by atoms with Crippen LogP contribution in [0, 0.1) is 0 Å². The Balaban J connectivity index is 1.52. The average molecular weight is 217 g/mol. The molecule has 0 unspecified atom stereocenters. The minimum atomic E-state index is 0.701. The third-order valence-electron chi connectivity index (χ3n) is 3.69. The molecule has 1 aromatic rings. The summed E-state index contributed by atoms with van der Waals surface area (Å²) in [5, 5.41) is 7.17. The molecule has 86 valence electrons. The number of nitrogens with zero attached hydrogens (tertiary/aromatic N) is 1. The van der Waals surface area contributed by atoms with E-state index >= 15 is 0 Å². The highest BCUT2D eigenvalue weighted by molar-refractivity contribution is 5.24. The first-order valence-corrected chi connectivity index (χ1v) is 6.30. The highest BCUT2D eigenvalue weighted by Gasteiger charge is 2.39. The van der Waals surface area contributed by atoms with Crippen LogP contribution in [0.15, 0.2) is 24.5 Å². The van der Waals surface area contributed by atoms with Crippen molar-refractivity contribution in [2.45, 2.75) is 37.3 Å². The van der Waals surface area contributed by atoms with E-state index in [-0.39, 0.29) is 0 Å². The molecule has 3 rings (SSSR count). The highest BCUT2D eigenvalue weighted by atomic mass is 15.0. The van der Waals surface area contributed by atoms with Crippen LogP contribution in [0.3, 0.4) is 0 Å². The fourth-order valence-electron chi connectivity index (χ4n) is 2.63. The molecule has 0 aromatic carbocycles. The van der Waals surface area contributed by atoms with Crippen LogP contribution in [0.5, 0.6) is 0 Å². The normalized spacial score (nSPS) is 30.2. The molecule has 1 aliphatic heterocycles. The molecular formula is C13H19N3. The van der Waals surface area contributed by atoms with Gasteiger partial charge in [0.15, 0.2) is 0 Å². The zero-order valence-electron chi connectivity index (χ0n) is 9.52. The molecule has 0 spiro atoms. The molecule has 16 heavy (non-hydrogen) atoms. The van der Waals surface area contributed by atoms with E-state index < -0.39 is 0 Å². The standard InChI is InChI=1S/C13H19N3/c1-2-10(9-15-5-1)12-8-13(12)16-11-3-6-14-7-4-11/h1-2,5,9,11-14,16H,3-4,6-8H2/t12-,13+/m0/s1. The molecule has 0 amide bonds. The molecule has 1 saturated carbocycles. The number of aromatic nitrogens is 1. The zero-order valence-corrected chi connectivity index (χ0v) is 9.52. The van der Waals surface area contributed by atoms with E-state index in [4.69, 9.17) is 0 Å². The molecule has 1 aliphatic carbocycles. The van der Waals surface area contributed by atoms with Gasteiger partial charge < -0.3 is 10.6 Å². The Bertz CT molecular complexity index is 332. The van der Waals surface area contributed by atoms with Crippen LogP contribution in [-0.4, -0.2) is 30.2 Å². The maximum Gasteiger partial charge on any atom is 0.0303 e. The van der Waals surface area contributed by atoms with E-state index in [0.717, 1.165) is 6.04 Å². The quantitative estimate of drug-likeness (QED) is 0.801. The average Bonchev–Trinajstić information content (AvgIpc) is 3.11. The lowest BCUT2D eigenvalue weighted by atomic mass is 10.1. The van der Waals surface area contributed by atoms with Crippen LogP contribution in [0.2, 0.25) is 0 Å². The smallest absolute Gasteiger partial charge is 0.0303 e. The third-order valence-corrected chi connectivity index (χ3v) is 3.69. The van der Waals surface area contributed by atoms with Gasteiger partial charge in [-0.05, 0) is 44.0 Å². The van der Waals surface area contributed by atoms with E-state index in [0.29, 0.717) is 12.0 Å². The van der Waals surface area contributed by atoms with Gasteiger partial charge in [0, 0.05) is 30.4 Å². The van der Waals surface area contributed by atoms with Crippen molar-refractivity contribution in [3.63, 3.8) is 0 Å². The lowest BCUT2D eigenvalue weighted by Crippen LogP contribution is -2.41. The topological polar surface area (TPSA) is 37.0 Å². The number of rotatable bonds is 3. The van der Waals surface area contributed by atoms with E-state index in [1.165, 1.54) is 37.9 Å². The molecular weight excluding hydrogens is 198 g/mol. The van der Waals surface area contributed by atoms with Gasteiger partial charge in [-0.15, -0.1) is 0 Å². The second-order valence-corrected chi connectivity index (χ2v) is 4.93. The van der Waals surface area contributed by atoms with E-state index in [1.807, 2.05) is 18.5 Å². The summed E-state index contributed by atoms with van der Waals surface area (Å²) in [5.74, 6) is 0.712. The van der Waals surface area contributed by atoms with Gasteiger partial charge in [-0.3, -0.25) is 4.98 Å². The van der Waals surface area contributed by atoms with Crippen molar-refractivity contribution >= 4 is 0 Å². The Hall–Kier alpha value is -0.930.